The van der Waals surface area contributed by atoms with E-state index in [2.05, 4.69) is 6.08 Å². The second-order valence-corrected chi connectivity index (χ2v) is 12.9. The molecule has 0 aromatic rings. The van der Waals surface area contributed by atoms with Gasteiger partial charge in [-0.05, 0) is 72.1 Å². The Morgan fingerprint density at radius 1 is 1.11 bits per heavy atom. The minimum Gasteiger partial charge on any atom is -0.490 e. The summed E-state index contributed by atoms with van der Waals surface area (Å²) in [4.78, 5) is 43.3. The van der Waals surface area contributed by atoms with E-state index in [0.717, 1.165) is 11.1 Å². The van der Waals surface area contributed by atoms with Crippen molar-refractivity contribution in [3.8, 4) is 0 Å². The number of hydrogen-bond donors (Lipinski definition) is 1. The molecule has 0 unspecified atom stereocenters. The molecule has 1 aliphatic heterocycles. The van der Waals surface area contributed by atoms with Crippen LogP contribution >= 0.6 is 0 Å². The van der Waals surface area contributed by atoms with Crippen molar-refractivity contribution in [2.45, 2.75) is 107 Å². The fraction of sp³-hybridized carbons (Fsp3) is 0.700. The van der Waals surface area contributed by atoms with Crippen molar-refractivity contribution in [3.63, 3.8) is 0 Å². The molecule has 5 nitrogen and oxygen atoms in total. The zero-order valence-corrected chi connectivity index (χ0v) is 23.3. The molecular formula is C30H44O5. The van der Waals surface area contributed by atoms with Crippen LogP contribution in [0.2, 0.25) is 0 Å². The van der Waals surface area contributed by atoms with Gasteiger partial charge in [-0.15, -0.1) is 0 Å². The summed E-state index contributed by atoms with van der Waals surface area (Å²) >= 11 is 0. The molecule has 1 fully saturated rings. The van der Waals surface area contributed by atoms with E-state index in [1.165, 1.54) is 0 Å². The molecule has 2 bridgehead atoms. The fourth-order valence-electron chi connectivity index (χ4n) is 6.45. The summed E-state index contributed by atoms with van der Waals surface area (Å²) in [5.41, 5.74) is -2.26. The Bertz CT molecular complexity index is 1020. The third-order valence-electron chi connectivity index (χ3n) is 8.68. The Labute approximate surface area is 211 Å². The second-order valence-electron chi connectivity index (χ2n) is 12.9. The smallest absolute Gasteiger partial charge is 0.184 e. The first-order valence-electron chi connectivity index (χ1n) is 13.0. The average Bonchev–Trinajstić information content (AvgIpc) is 3.18. The molecule has 1 N–H and O–H groups in total. The summed E-state index contributed by atoms with van der Waals surface area (Å²) in [5, 5.41) is 10.8. The van der Waals surface area contributed by atoms with Crippen LogP contribution in [0, 0.1) is 28.1 Å². The van der Waals surface area contributed by atoms with Gasteiger partial charge < -0.3 is 9.84 Å². The Morgan fingerprint density at radius 3 is 2.17 bits per heavy atom. The van der Waals surface area contributed by atoms with Gasteiger partial charge in [0.25, 0.3) is 0 Å². The third kappa shape index (κ3) is 3.98. The van der Waals surface area contributed by atoms with Crippen molar-refractivity contribution >= 4 is 17.3 Å². The number of hydrogen-bond acceptors (Lipinski definition) is 5. The highest BCUT2D eigenvalue weighted by molar-refractivity contribution is 6.33. The summed E-state index contributed by atoms with van der Waals surface area (Å²) in [6.45, 7) is 18.8. The van der Waals surface area contributed by atoms with E-state index < -0.39 is 39.7 Å². The highest BCUT2D eigenvalue weighted by Gasteiger charge is 2.76. The maximum atomic E-state index is 14.8. The quantitative estimate of drug-likeness (QED) is 0.359. The number of carbonyl (C=O) groups is 3. The summed E-state index contributed by atoms with van der Waals surface area (Å²) in [5.74, 6) is -1.14. The van der Waals surface area contributed by atoms with E-state index in [1.807, 2.05) is 47.6 Å². The zero-order valence-electron chi connectivity index (χ0n) is 23.3. The van der Waals surface area contributed by atoms with Gasteiger partial charge in [-0.1, -0.05) is 51.0 Å². The van der Waals surface area contributed by atoms with Gasteiger partial charge in [-0.2, -0.15) is 0 Å². The molecule has 0 aromatic heterocycles. The van der Waals surface area contributed by atoms with Crippen LogP contribution in [-0.4, -0.2) is 34.2 Å². The van der Waals surface area contributed by atoms with Crippen LogP contribution in [0.1, 0.15) is 94.9 Å². The van der Waals surface area contributed by atoms with Crippen LogP contribution in [0.25, 0.3) is 0 Å². The monoisotopic (exact) mass is 484 g/mol. The largest absolute Gasteiger partial charge is 0.490 e. The molecule has 0 saturated heterocycles. The van der Waals surface area contributed by atoms with Crippen LogP contribution < -0.4 is 0 Å². The van der Waals surface area contributed by atoms with Gasteiger partial charge in [0.15, 0.2) is 22.8 Å². The number of Topliss-reactive ketones (excluding diaryl/α,β-unsaturated/α-hetero) is 3. The molecule has 35 heavy (non-hydrogen) atoms. The molecule has 1 heterocycles. The molecule has 3 aliphatic rings. The highest BCUT2D eigenvalue weighted by Crippen LogP contribution is 2.67. The van der Waals surface area contributed by atoms with E-state index in [-0.39, 0.29) is 23.9 Å². The minimum atomic E-state index is -1.76. The first-order chi connectivity index (χ1) is 15.9. The lowest BCUT2D eigenvalue weighted by Crippen LogP contribution is -2.70. The number of ether oxygens (including phenoxy) is 1. The number of allylic oxidation sites excluding steroid dienone is 5. The lowest BCUT2D eigenvalue weighted by Gasteiger charge is -2.59. The number of carbonyl (C=O) groups excluding carboxylic acids is 3. The summed E-state index contributed by atoms with van der Waals surface area (Å²) in [6, 6.07) is 0. The Hall–Kier alpha value is -2.01. The molecule has 5 heteroatoms. The van der Waals surface area contributed by atoms with Crippen LogP contribution in [0.15, 0.2) is 34.6 Å². The van der Waals surface area contributed by atoms with Crippen molar-refractivity contribution in [3.05, 3.63) is 34.6 Å². The predicted octanol–water partition coefficient (Wildman–Crippen LogP) is 5.91. The highest BCUT2D eigenvalue weighted by atomic mass is 16.5. The molecule has 0 spiro atoms. The van der Waals surface area contributed by atoms with Gasteiger partial charge in [0.1, 0.15) is 11.9 Å². The van der Waals surface area contributed by atoms with Gasteiger partial charge in [-0.25, -0.2) is 0 Å². The van der Waals surface area contributed by atoms with Gasteiger partial charge in [0.2, 0.25) is 0 Å². The zero-order chi connectivity index (χ0) is 26.7. The molecule has 0 amide bonds. The molecular weight excluding hydrogens is 440 g/mol. The molecule has 1 saturated carbocycles. The summed E-state index contributed by atoms with van der Waals surface area (Å²) in [6.07, 6.45) is 5.31. The predicted molar refractivity (Wildman–Crippen MR) is 138 cm³/mol. The summed E-state index contributed by atoms with van der Waals surface area (Å²) in [7, 11) is 0. The lowest BCUT2D eigenvalue weighted by atomic mass is 9.39. The Morgan fingerprint density at radius 2 is 1.69 bits per heavy atom. The van der Waals surface area contributed by atoms with Crippen molar-refractivity contribution in [2.24, 2.45) is 28.1 Å². The van der Waals surface area contributed by atoms with Gasteiger partial charge in [0, 0.05) is 17.9 Å². The minimum absolute atomic E-state index is 0.0776. The van der Waals surface area contributed by atoms with Crippen molar-refractivity contribution in [1.29, 1.82) is 0 Å². The SMILES string of the molecule is CC(C)=CC[C@@H]1C[C@@]2(CC=C(C)C)C(=O)[C@@](C(=O)C(C)C)(C(=O)C3=C2O[C@@H](C(C)(C)O)C3)C1(C)C. The van der Waals surface area contributed by atoms with Crippen LogP contribution in [0.4, 0.5) is 0 Å². The van der Waals surface area contributed by atoms with Crippen molar-refractivity contribution in [1.82, 2.24) is 0 Å². The standard InChI is InChI=1S/C30H44O5/c1-17(2)11-12-20-16-29(14-13-18(3)4)25-21(15-22(35-25)28(9,10)34)24(32)30(26(29)33,27(20,7)8)23(31)19(5)6/h11,13,19-20,22,34H,12,14-16H2,1-10H3/t20-,22-,29-,30-/m1/s1. The number of fused-ring (bicyclic) bond motifs is 3. The third-order valence-corrected chi connectivity index (χ3v) is 8.68. The first kappa shape index (κ1) is 27.6. The van der Waals surface area contributed by atoms with Crippen LogP contribution in [-0.2, 0) is 19.1 Å². The fourth-order valence-corrected chi connectivity index (χ4v) is 6.45. The Balaban J connectivity index is 2.39. The second kappa shape index (κ2) is 8.83. The van der Waals surface area contributed by atoms with E-state index in [4.69, 9.17) is 4.74 Å². The van der Waals surface area contributed by atoms with E-state index in [9.17, 15) is 19.5 Å². The molecule has 194 valence electrons. The van der Waals surface area contributed by atoms with Crippen molar-refractivity contribution in [2.75, 3.05) is 0 Å². The number of aliphatic hydroxyl groups is 1. The van der Waals surface area contributed by atoms with Gasteiger partial charge in [0.05, 0.1) is 11.0 Å². The maximum Gasteiger partial charge on any atom is 0.184 e. The topological polar surface area (TPSA) is 80.7 Å². The lowest BCUT2D eigenvalue weighted by molar-refractivity contribution is -0.178. The van der Waals surface area contributed by atoms with Crippen LogP contribution in [0.3, 0.4) is 0 Å². The van der Waals surface area contributed by atoms with Crippen molar-refractivity contribution < 1.29 is 24.2 Å². The molecule has 3 rings (SSSR count). The van der Waals surface area contributed by atoms with Gasteiger partial charge in [-0.3, -0.25) is 14.4 Å². The average molecular weight is 485 g/mol. The molecule has 0 radical (unpaired) electrons. The number of ketones is 3. The Kier molecular flexibility index (Phi) is 6.96. The van der Waals surface area contributed by atoms with Crippen LogP contribution in [0.5, 0.6) is 0 Å². The normalized spacial score (nSPS) is 31.8. The van der Waals surface area contributed by atoms with E-state index in [1.54, 1.807) is 27.7 Å². The summed E-state index contributed by atoms with van der Waals surface area (Å²) < 4.78 is 6.35. The maximum absolute atomic E-state index is 14.8. The first-order valence-corrected chi connectivity index (χ1v) is 13.0. The molecule has 0 aromatic carbocycles. The van der Waals surface area contributed by atoms with Gasteiger partial charge >= 0.3 is 0 Å². The molecule has 2 aliphatic carbocycles. The number of rotatable bonds is 7. The molecule has 4 atom stereocenters. The van der Waals surface area contributed by atoms with E-state index in [0.29, 0.717) is 30.6 Å². The van der Waals surface area contributed by atoms with E-state index >= 15 is 0 Å².